The molecule has 1 aromatic heterocycles. The SMILES string of the molecule is CCc1n[nH]c(=O)c(C(=O)N[C@H]2CCCNC2)c1CC. The number of carbonyl (C=O) groups excluding carboxylic acids is 1. The molecule has 1 aliphatic rings. The van der Waals surface area contributed by atoms with Crippen molar-refractivity contribution in [2.75, 3.05) is 13.1 Å². The second kappa shape index (κ2) is 6.65. The first-order chi connectivity index (χ1) is 9.67. The topological polar surface area (TPSA) is 86.9 Å². The monoisotopic (exact) mass is 278 g/mol. The van der Waals surface area contributed by atoms with Crippen molar-refractivity contribution in [3.8, 4) is 0 Å². The number of H-pyrrole nitrogens is 1. The summed E-state index contributed by atoms with van der Waals surface area (Å²) in [5, 5.41) is 12.7. The van der Waals surface area contributed by atoms with Gasteiger partial charge >= 0.3 is 0 Å². The fourth-order valence-corrected chi connectivity index (χ4v) is 2.67. The molecule has 1 amide bonds. The van der Waals surface area contributed by atoms with E-state index in [1.165, 1.54) is 0 Å². The summed E-state index contributed by atoms with van der Waals surface area (Å²) in [5.41, 5.74) is 1.38. The third kappa shape index (κ3) is 3.07. The Morgan fingerprint density at radius 1 is 1.40 bits per heavy atom. The van der Waals surface area contributed by atoms with Gasteiger partial charge in [-0.1, -0.05) is 13.8 Å². The molecule has 6 nitrogen and oxygen atoms in total. The molecule has 0 unspecified atom stereocenters. The van der Waals surface area contributed by atoms with Gasteiger partial charge < -0.3 is 10.6 Å². The second-order valence-corrected chi connectivity index (χ2v) is 5.08. The van der Waals surface area contributed by atoms with Crippen LogP contribution in [-0.2, 0) is 12.8 Å². The first-order valence-corrected chi connectivity index (χ1v) is 7.29. The minimum atomic E-state index is -0.402. The minimum Gasteiger partial charge on any atom is -0.348 e. The number of carbonyl (C=O) groups is 1. The Morgan fingerprint density at radius 3 is 2.80 bits per heavy atom. The van der Waals surface area contributed by atoms with E-state index in [1.54, 1.807) is 0 Å². The highest BCUT2D eigenvalue weighted by molar-refractivity contribution is 5.95. The Morgan fingerprint density at radius 2 is 2.20 bits per heavy atom. The lowest BCUT2D eigenvalue weighted by Crippen LogP contribution is -2.47. The normalized spacial score (nSPS) is 18.8. The number of piperidine rings is 1. The predicted molar refractivity (Wildman–Crippen MR) is 77.0 cm³/mol. The van der Waals surface area contributed by atoms with Gasteiger partial charge in [-0.3, -0.25) is 9.59 Å². The number of hydrogen-bond acceptors (Lipinski definition) is 4. The smallest absolute Gasteiger partial charge is 0.277 e. The molecule has 2 heterocycles. The van der Waals surface area contributed by atoms with Crippen LogP contribution in [0, 0.1) is 0 Å². The van der Waals surface area contributed by atoms with E-state index in [2.05, 4.69) is 20.8 Å². The Kier molecular flexibility index (Phi) is 4.89. The van der Waals surface area contributed by atoms with Crippen LogP contribution in [0.4, 0.5) is 0 Å². The highest BCUT2D eigenvalue weighted by Crippen LogP contribution is 2.11. The Labute approximate surface area is 118 Å². The molecule has 6 heteroatoms. The first kappa shape index (κ1) is 14.7. The van der Waals surface area contributed by atoms with Crippen molar-refractivity contribution in [2.45, 2.75) is 45.6 Å². The van der Waals surface area contributed by atoms with E-state index < -0.39 is 5.56 Å². The zero-order chi connectivity index (χ0) is 14.5. The lowest BCUT2D eigenvalue weighted by atomic mass is 10.0. The second-order valence-electron chi connectivity index (χ2n) is 5.08. The maximum absolute atomic E-state index is 12.4. The molecule has 110 valence electrons. The first-order valence-electron chi connectivity index (χ1n) is 7.29. The van der Waals surface area contributed by atoms with Gasteiger partial charge in [-0.15, -0.1) is 0 Å². The summed E-state index contributed by atoms with van der Waals surface area (Å²) in [6.45, 7) is 5.65. The molecule has 2 rings (SSSR count). The van der Waals surface area contributed by atoms with Crippen molar-refractivity contribution < 1.29 is 4.79 Å². The largest absolute Gasteiger partial charge is 0.348 e. The highest BCUT2D eigenvalue weighted by Gasteiger charge is 2.22. The van der Waals surface area contributed by atoms with Crippen LogP contribution in [-0.4, -0.2) is 35.2 Å². The maximum atomic E-state index is 12.4. The van der Waals surface area contributed by atoms with Crippen molar-refractivity contribution in [3.63, 3.8) is 0 Å². The molecule has 20 heavy (non-hydrogen) atoms. The van der Waals surface area contributed by atoms with Gasteiger partial charge in [0.1, 0.15) is 5.56 Å². The van der Waals surface area contributed by atoms with E-state index in [0.717, 1.165) is 37.2 Å². The average Bonchev–Trinajstić information content (AvgIpc) is 2.47. The third-order valence-corrected chi connectivity index (χ3v) is 3.72. The lowest BCUT2D eigenvalue weighted by Gasteiger charge is -2.24. The molecule has 0 spiro atoms. The molecule has 0 saturated carbocycles. The number of amides is 1. The molecule has 1 fully saturated rings. The van der Waals surface area contributed by atoms with Crippen LogP contribution >= 0.6 is 0 Å². The summed E-state index contributed by atoms with van der Waals surface area (Å²) in [4.78, 5) is 24.4. The fraction of sp³-hybridized carbons (Fsp3) is 0.643. The van der Waals surface area contributed by atoms with E-state index in [9.17, 15) is 9.59 Å². The summed E-state index contributed by atoms with van der Waals surface area (Å²) in [5.74, 6) is -0.283. The summed E-state index contributed by atoms with van der Waals surface area (Å²) < 4.78 is 0. The summed E-state index contributed by atoms with van der Waals surface area (Å²) in [7, 11) is 0. The molecule has 1 saturated heterocycles. The van der Waals surface area contributed by atoms with E-state index in [4.69, 9.17) is 0 Å². The van der Waals surface area contributed by atoms with E-state index >= 15 is 0 Å². The Balaban J connectivity index is 2.26. The zero-order valence-electron chi connectivity index (χ0n) is 12.1. The maximum Gasteiger partial charge on any atom is 0.277 e. The molecule has 1 aliphatic heterocycles. The number of nitrogens with one attached hydrogen (secondary N) is 3. The van der Waals surface area contributed by atoms with Crippen molar-refractivity contribution >= 4 is 5.91 Å². The van der Waals surface area contributed by atoms with Crippen molar-refractivity contribution in [3.05, 3.63) is 27.2 Å². The number of aryl methyl sites for hydroxylation is 1. The van der Waals surface area contributed by atoms with Crippen LogP contribution in [0.2, 0.25) is 0 Å². The summed E-state index contributed by atoms with van der Waals surface area (Å²) in [6, 6.07) is 0.0959. The van der Waals surface area contributed by atoms with Crippen LogP contribution in [0.3, 0.4) is 0 Å². The Bertz CT molecular complexity index is 532. The molecule has 1 atom stereocenters. The molecule has 0 bridgehead atoms. The lowest BCUT2D eigenvalue weighted by molar-refractivity contribution is 0.0927. The quantitative estimate of drug-likeness (QED) is 0.743. The van der Waals surface area contributed by atoms with Crippen molar-refractivity contribution in [1.82, 2.24) is 20.8 Å². The molecule has 0 aromatic carbocycles. The molecule has 0 radical (unpaired) electrons. The van der Waals surface area contributed by atoms with Gasteiger partial charge in [0.2, 0.25) is 0 Å². The van der Waals surface area contributed by atoms with Gasteiger partial charge in [0.05, 0.1) is 5.69 Å². The highest BCUT2D eigenvalue weighted by atomic mass is 16.2. The van der Waals surface area contributed by atoms with Gasteiger partial charge in [-0.25, -0.2) is 5.10 Å². The summed E-state index contributed by atoms with van der Waals surface area (Å²) in [6.07, 6.45) is 3.32. The molecular weight excluding hydrogens is 256 g/mol. The standard InChI is InChI=1S/C14H22N4O2/c1-3-10-11(4-2)17-18-14(20)12(10)13(19)16-9-6-5-7-15-8-9/h9,15H,3-8H2,1-2H3,(H,16,19)(H,18,20)/t9-/m0/s1. The van der Waals surface area contributed by atoms with Crippen LogP contribution in [0.15, 0.2) is 4.79 Å². The molecule has 1 aromatic rings. The molecular formula is C14H22N4O2. The third-order valence-electron chi connectivity index (χ3n) is 3.72. The van der Waals surface area contributed by atoms with Crippen LogP contribution in [0.1, 0.15) is 48.3 Å². The number of aromatic amines is 1. The Hall–Kier alpha value is -1.69. The van der Waals surface area contributed by atoms with E-state index in [1.807, 2.05) is 13.8 Å². The fourth-order valence-electron chi connectivity index (χ4n) is 2.67. The zero-order valence-corrected chi connectivity index (χ0v) is 12.1. The van der Waals surface area contributed by atoms with Gasteiger partial charge in [0.25, 0.3) is 11.5 Å². The minimum absolute atomic E-state index is 0.0959. The summed E-state index contributed by atoms with van der Waals surface area (Å²) >= 11 is 0. The van der Waals surface area contributed by atoms with Gasteiger partial charge in [-0.05, 0) is 37.8 Å². The van der Waals surface area contributed by atoms with Gasteiger partial charge in [0.15, 0.2) is 0 Å². The average molecular weight is 278 g/mol. The van der Waals surface area contributed by atoms with Crippen LogP contribution < -0.4 is 16.2 Å². The van der Waals surface area contributed by atoms with E-state index in [-0.39, 0.29) is 17.5 Å². The van der Waals surface area contributed by atoms with Crippen molar-refractivity contribution in [2.24, 2.45) is 0 Å². The number of aromatic nitrogens is 2. The van der Waals surface area contributed by atoms with Gasteiger partial charge in [0, 0.05) is 12.6 Å². The molecule has 0 aliphatic carbocycles. The van der Waals surface area contributed by atoms with Crippen molar-refractivity contribution in [1.29, 1.82) is 0 Å². The predicted octanol–water partition coefficient (Wildman–Crippen LogP) is 0.377. The number of hydrogen-bond donors (Lipinski definition) is 3. The molecule has 3 N–H and O–H groups in total. The van der Waals surface area contributed by atoms with Crippen LogP contribution in [0.5, 0.6) is 0 Å². The van der Waals surface area contributed by atoms with Crippen LogP contribution in [0.25, 0.3) is 0 Å². The number of nitrogens with zero attached hydrogens (tertiary/aromatic N) is 1. The van der Waals surface area contributed by atoms with E-state index in [0.29, 0.717) is 12.8 Å². The van der Waals surface area contributed by atoms with Gasteiger partial charge in [-0.2, -0.15) is 5.10 Å². The number of rotatable bonds is 4.